The van der Waals surface area contributed by atoms with E-state index in [0.717, 1.165) is 28.2 Å². The molecule has 0 spiro atoms. The summed E-state index contributed by atoms with van der Waals surface area (Å²) >= 11 is 0. The second-order valence-electron chi connectivity index (χ2n) is 10.1. The largest absolute Gasteiger partial charge is 0.506 e. The van der Waals surface area contributed by atoms with Crippen LogP contribution in [-0.2, 0) is 20.4 Å². The maximum Gasteiger partial charge on any atom is 0.335 e. The second kappa shape index (κ2) is 7.78. The summed E-state index contributed by atoms with van der Waals surface area (Å²) in [6, 6.07) is 10.1. The number of ketones is 1. The van der Waals surface area contributed by atoms with Crippen LogP contribution in [0.5, 0.6) is 5.75 Å². The summed E-state index contributed by atoms with van der Waals surface area (Å²) in [6.45, 7) is 8.19. The van der Waals surface area contributed by atoms with Gasteiger partial charge in [0.2, 0.25) is 11.5 Å². The molecule has 0 saturated heterocycles. The van der Waals surface area contributed by atoms with Crippen molar-refractivity contribution in [1.29, 1.82) is 0 Å². The molecule has 8 heteroatoms. The molecule has 3 aliphatic rings. The van der Waals surface area contributed by atoms with E-state index in [-0.39, 0.29) is 28.3 Å². The monoisotopic (exact) mass is 485 g/mol. The number of carbonyl (C=O) groups is 3. The first-order valence-corrected chi connectivity index (χ1v) is 11.4. The molecule has 0 radical (unpaired) electrons. The number of carbonyl (C=O) groups excluding carboxylic acids is 2. The molecular weight excluding hydrogens is 460 g/mol. The van der Waals surface area contributed by atoms with Crippen molar-refractivity contribution in [2.75, 3.05) is 5.32 Å². The number of carboxylic acids is 1. The summed E-state index contributed by atoms with van der Waals surface area (Å²) in [5, 5.41) is 23.4. The number of nitrogens with one attached hydrogen (secondary N) is 2. The van der Waals surface area contributed by atoms with Crippen molar-refractivity contribution in [3.8, 4) is 5.75 Å². The van der Waals surface area contributed by atoms with Crippen molar-refractivity contribution in [2.24, 2.45) is 0 Å². The molecule has 0 atom stereocenters. The van der Waals surface area contributed by atoms with Gasteiger partial charge in [-0.1, -0.05) is 13.8 Å². The zero-order valence-electron chi connectivity index (χ0n) is 20.2. The third-order valence-corrected chi connectivity index (χ3v) is 7.25. The van der Waals surface area contributed by atoms with Gasteiger partial charge in [0.05, 0.1) is 22.1 Å². The highest BCUT2D eigenvalue weighted by Gasteiger charge is 2.44. The summed E-state index contributed by atoms with van der Waals surface area (Å²) in [6.07, 6.45) is 3.28. The summed E-state index contributed by atoms with van der Waals surface area (Å²) in [4.78, 5) is 38.5. The number of Topliss-reactive ketones (excluding diaryl/α,β-unsaturated/α-hetero) is 1. The van der Waals surface area contributed by atoms with E-state index in [4.69, 9.17) is 4.74 Å². The van der Waals surface area contributed by atoms with Gasteiger partial charge in [0.1, 0.15) is 11.5 Å². The maximum absolute atomic E-state index is 13.1. The number of carboxylic acid groups (broad SMARTS) is 1. The number of rotatable bonds is 5. The molecule has 0 fully saturated rings. The van der Waals surface area contributed by atoms with Crippen molar-refractivity contribution in [1.82, 2.24) is 0 Å². The third kappa shape index (κ3) is 3.37. The van der Waals surface area contributed by atoms with Crippen molar-refractivity contribution >= 4 is 35.3 Å². The van der Waals surface area contributed by atoms with Crippen molar-refractivity contribution < 1.29 is 34.3 Å². The second-order valence-corrected chi connectivity index (χ2v) is 10.1. The number of aliphatic hydroxyl groups is 1. The summed E-state index contributed by atoms with van der Waals surface area (Å²) in [5.74, 6) is -0.970. The lowest BCUT2D eigenvalue weighted by Crippen LogP contribution is -2.65. The molecule has 0 aromatic heterocycles. The predicted octanol–water partition coefficient (Wildman–Crippen LogP) is 2.97. The highest BCUT2D eigenvalue weighted by Crippen LogP contribution is 2.45. The molecule has 2 aliphatic heterocycles. The minimum atomic E-state index is -1.01. The van der Waals surface area contributed by atoms with Gasteiger partial charge >= 0.3 is 5.97 Å². The Hall–Kier alpha value is -4.46. The van der Waals surface area contributed by atoms with Crippen LogP contribution in [0, 0.1) is 0 Å². The fraction of sp³-hybridized carbons (Fsp3) is 0.214. The molecule has 5 rings (SSSR count). The highest BCUT2D eigenvalue weighted by atomic mass is 16.5. The molecule has 0 bridgehead atoms. The minimum absolute atomic E-state index is 0.0988. The van der Waals surface area contributed by atoms with Crippen LogP contribution in [-0.4, -0.2) is 34.1 Å². The Morgan fingerprint density at radius 2 is 1.78 bits per heavy atom. The predicted molar refractivity (Wildman–Crippen MR) is 133 cm³/mol. The molecule has 8 nitrogen and oxygen atoms in total. The van der Waals surface area contributed by atoms with Gasteiger partial charge in [0, 0.05) is 34.5 Å². The molecule has 2 heterocycles. The number of hydrogen-bond donors (Lipinski definition) is 4. The molecule has 0 amide bonds. The minimum Gasteiger partial charge on any atom is -0.506 e. The zero-order valence-corrected chi connectivity index (χ0v) is 20.2. The quantitative estimate of drug-likeness (QED) is 0.379. The Morgan fingerprint density at radius 3 is 2.44 bits per heavy atom. The Labute approximate surface area is 207 Å². The summed E-state index contributed by atoms with van der Waals surface area (Å²) in [5.41, 5.74) is 4.21. The lowest BCUT2D eigenvalue weighted by Gasteiger charge is -2.24. The molecule has 2 aromatic rings. The molecule has 0 unspecified atom stereocenters. The molecule has 0 saturated carbocycles. The lowest BCUT2D eigenvalue weighted by molar-refractivity contribution is -0.349. The van der Waals surface area contributed by atoms with E-state index >= 15 is 0 Å². The van der Waals surface area contributed by atoms with E-state index in [2.05, 4.69) is 10.3 Å². The van der Waals surface area contributed by atoms with Gasteiger partial charge in [0.25, 0.3) is 6.47 Å². The molecule has 182 valence electrons. The number of ether oxygens (including phenoxy) is 1. The van der Waals surface area contributed by atoms with Crippen LogP contribution < -0.4 is 15.0 Å². The molecule has 36 heavy (non-hydrogen) atoms. The van der Waals surface area contributed by atoms with Crippen molar-refractivity contribution in [3.63, 3.8) is 0 Å². The van der Waals surface area contributed by atoms with Gasteiger partial charge in [-0.15, -0.1) is 0 Å². The van der Waals surface area contributed by atoms with Gasteiger partial charge in [-0.05, 0) is 55.8 Å². The van der Waals surface area contributed by atoms with Gasteiger partial charge in [-0.2, -0.15) is 0 Å². The number of fused-ring (bicyclic) bond motifs is 2. The average Bonchev–Trinajstić information content (AvgIpc) is 3.24. The van der Waals surface area contributed by atoms with Crippen LogP contribution >= 0.6 is 0 Å². The molecule has 2 aromatic carbocycles. The van der Waals surface area contributed by atoms with Crippen LogP contribution in [0.15, 0.2) is 71.2 Å². The molecule has 4 N–H and O–H groups in total. The normalized spacial score (nSPS) is 21.0. The number of anilines is 1. The van der Waals surface area contributed by atoms with E-state index < -0.39 is 16.8 Å². The first kappa shape index (κ1) is 23.3. The maximum atomic E-state index is 13.1. The van der Waals surface area contributed by atoms with Crippen LogP contribution in [0.4, 0.5) is 11.4 Å². The third-order valence-electron chi connectivity index (χ3n) is 7.25. The van der Waals surface area contributed by atoms with Gasteiger partial charge in [-0.25, -0.2) is 9.79 Å². The number of benzene rings is 2. The highest BCUT2D eigenvalue weighted by molar-refractivity contribution is 6.24. The summed E-state index contributed by atoms with van der Waals surface area (Å²) in [7, 11) is 0. The van der Waals surface area contributed by atoms with E-state index in [1.807, 2.05) is 27.7 Å². The fourth-order valence-electron chi connectivity index (χ4n) is 4.91. The van der Waals surface area contributed by atoms with Gasteiger partial charge < -0.3 is 20.3 Å². The van der Waals surface area contributed by atoms with Crippen LogP contribution in [0.3, 0.4) is 0 Å². The first-order chi connectivity index (χ1) is 16.9. The standard InChI is InChI=1S/C28H24N2O6/c1-27(2)18-9-14(26(34)35)5-7-20(18)29-22(27)11-16-24(32)17(25(16)33)12-23-28(3,4)19-10-15(36-13-31)6-8-21(19)30-23/h5-13,29,32H,1-4H3,(H,34,35)/p+1. The number of aliphatic hydroxyl groups excluding tert-OH is 1. The molecular formula is C28H25N2O6+. The first-order valence-electron chi connectivity index (χ1n) is 11.4. The SMILES string of the molecule is CC1(C)C(=CC2=C(O)C(=CC3=[NH+]c4ccc(OC=O)cc4C3(C)C)C2=O)Nc2ccc(C(=O)O)cc21. The number of hydrogen-bond acceptors (Lipinski definition) is 6. The Morgan fingerprint density at radius 1 is 1.03 bits per heavy atom. The van der Waals surface area contributed by atoms with Gasteiger partial charge in [0.15, 0.2) is 5.71 Å². The van der Waals surface area contributed by atoms with Gasteiger partial charge in [-0.3, -0.25) is 9.59 Å². The Bertz CT molecular complexity index is 1500. The van der Waals surface area contributed by atoms with E-state index in [1.54, 1.807) is 42.5 Å². The van der Waals surface area contributed by atoms with Crippen LogP contribution in [0.25, 0.3) is 0 Å². The molecule has 1 aliphatic carbocycles. The van der Waals surface area contributed by atoms with Crippen molar-refractivity contribution in [2.45, 2.75) is 38.5 Å². The zero-order chi connectivity index (χ0) is 26.0. The van der Waals surface area contributed by atoms with E-state index in [0.29, 0.717) is 17.9 Å². The Kier molecular flexibility index (Phi) is 5.03. The van der Waals surface area contributed by atoms with Crippen LogP contribution in [0.1, 0.15) is 49.2 Å². The lowest BCUT2D eigenvalue weighted by atomic mass is 9.77. The van der Waals surface area contributed by atoms with Crippen LogP contribution in [0.2, 0.25) is 0 Å². The number of aromatic carboxylic acids is 1. The fourth-order valence-corrected chi connectivity index (χ4v) is 4.91. The average molecular weight is 486 g/mol. The van der Waals surface area contributed by atoms with E-state index in [1.165, 1.54) is 6.07 Å². The Balaban J connectivity index is 1.46. The van der Waals surface area contributed by atoms with Crippen molar-refractivity contribution in [3.05, 3.63) is 87.8 Å². The topological polar surface area (TPSA) is 127 Å². The van der Waals surface area contributed by atoms with E-state index in [9.17, 15) is 24.6 Å². The number of allylic oxidation sites excluding steroid dienone is 5. The smallest absolute Gasteiger partial charge is 0.335 e. The summed E-state index contributed by atoms with van der Waals surface area (Å²) < 4.78 is 4.97.